The minimum atomic E-state index is -3.64. The average molecular weight is 415 g/mol. The molecule has 1 aromatic rings. The van der Waals surface area contributed by atoms with Crippen molar-refractivity contribution in [1.29, 1.82) is 0 Å². The fraction of sp³-hybridized carbons (Fsp3) is 0.588. The normalized spacial score (nSPS) is 23.3. The zero-order chi connectivity index (χ0) is 17.2. The lowest BCUT2D eigenvalue weighted by molar-refractivity contribution is -0.125. The third kappa shape index (κ3) is 3.83. The van der Waals surface area contributed by atoms with Gasteiger partial charge in [-0.3, -0.25) is 4.79 Å². The topological polar surface area (TPSA) is 66.5 Å². The number of nitrogens with zero attached hydrogens (tertiary/aromatic N) is 1. The highest BCUT2D eigenvalue weighted by molar-refractivity contribution is 9.10. The number of halogens is 1. The zero-order valence-electron chi connectivity index (χ0n) is 13.6. The van der Waals surface area contributed by atoms with Crippen LogP contribution in [-0.2, 0) is 14.8 Å². The number of sulfonamides is 1. The van der Waals surface area contributed by atoms with E-state index in [2.05, 4.69) is 21.2 Å². The number of hydrogen-bond acceptors (Lipinski definition) is 3. The van der Waals surface area contributed by atoms with Gasteiger partial charge in [-0.25, -0.2) is 8.42 Å². The molecule has 2 aliphatic rings. The highest BCUT2D eigenvalue weighted by Gasteiger charge is 2.39. The summed E-state index contributed by atoms with van der Waals surface area (Å²) in [5, 5.41) is 3.07. The van der Waals surface area contributed by atoms with Crippen LogP contribution in [0.1, 0.15) is 44.9 Å². The Morgan fingerprint density at radius 3 is 2.38 bits per heavy atom. The Balaban J connectivity index is 1.74. The second-order valence-electron chi connectivity index (χ2n) is 6.57. The summed E-state index contributed by atoms with van der Waals surface area (Å²) in [5.74, 6) is -0.139. The predicted molar refractivity (Wildman–Crippen MR) is 96.1 cm³/mol. The molecule has 1 amide bonds. The summed E-state index contributed by atoms with van der Waals surface area (Å²) in [4.78, 5) is 12.9. The van der Waals surface area contributed by atoms with Gasteiger partial charge in [-0.15, -0.1) is 0 Å². The second kappa shape index (κ2) is 7.54. The van der Waals surface area contributed by atoms with Gasteiger partial charge in [0.05, 0.1) is 4.90 Å². The van der Waals surface area contributed by atoms with Gasteiger partial charge >= 0.3 is 0 Å². The largest absolute Gasteiger partial charge is 0.352 e. The van der Waals surface area contributed by atoms with Gasteiger partial charge in [0.2, 0.25) is 15.9 Å². The van der Waals surface area contributed by atoms with E-state index in [1.54, 1.807) is 24.3 Å². The van der Waals surface area contributed by atoms with Crippen LogP contribution in [0, 0.1) is 0 Å². The van der Waals surface area contributed by atoms with Crippen LogP contribution in [-0.4, -0.2) is 37.3 Å². The van der Waals surface area contributed by atoms with E-state index >= 15 is 0 Å². The second-order valence-corrected chi connectivity index (χ2v) is 9.38. The Morgan fingerprint density at radius 2 is 1.71 bits per heavy atom. The molecule has 7 heteroatoms. The van der Waals surface area contributed by atoms with Crippen LogP contribution < -0.4 is 5.32 Å². The first-order valence-electron chi connectivity index (χ1n) is 8.56. The number of nitrogens with one attached hydrogen (secondary N) is 1. The number of hydrogen-bond donors (Lipinski definition) is 1. The first kappa shape index (κ1) is 17.9. The highest BCUT2D eigenvalue weighted by Crippen LogP contribution is 2.27. The van der Waals surface area contributed by atoms with Crippen molar-refractivity contribution in [3.05, 3.63) is 28.7 Å². The number of benzene rings is 1. The minimum Gasteiger partial charge on any atom is -0.352 e. The van der Waals surface area contributed by atoms with Crippen LogP contribution >= 0.6 is 15.9 Å². The summed E-state index contributed by atoms with van der Waals surface area (Å²) in [6, 6.07) is 6.19. The Bertz CT molecular complexity index is 684. The maximum atomic E-state index is 12.9. The summed E-state index contributed by atoms with van der Waals surface area (Å²) in [6.45, 7) is 0.404. The maximum Gasteiger partial charge on any atom is 0.243 e. The monoisotopic (exact) mass is 414 g/mol. The molecular weight excluding hydrogens is 392 g/mol. The van der Waals surface area contributed by atoms with Crippen molar-refractivity contribution in [3.8, 4) is 0 Å². The quantitative estimate of drug-likeness (QED) is 0.822. The van der Waals surface area contributed by atoms with Gasteiger partial charge in [0.15, 0.2) is 0 Å². The van der Waals surface area contributed by atoms with Crippen LogP contribution in [0.2, 0.25) is 0 Å². The van der Waals surface area contributed by atoms with E-state index in [0.717, 1.165) is 36.6 Å². The lowest BCUT2D eigenvalue weighted by Crippen LogP contribution is -2.49. The van der Waals surface area contributed by atoms with E-state index in [4.69, 9.17) is 0 Å². The molecule has 0 radical (unpaired) electrons. The van der Waals surface area contributed by atoms with Crippen molar-refractivity contribution in [2.75, 3.05) is 6.54 Å². The molecule has 2 fully saturated rings. The van der Waals surface area contributed by atoms with Crippen LogP contribution in [0.25, 0.3) is 0 Å². The molecule has 1 aliphatic carbocycles. The molecule has 0 bridgehead atoms. The standard InChI is InChI=1S/C17H23BrN2O3S/c18-13-8-10-15(11-9-13)24(22,23)20-12-4-7-16(20)17(21)19-14-5-2-1-3-6-14/h8-11,14,16H,1-7,12H2,(H,19,21)/t16-/m0/s1. The molecule has 5 nitrogen and oxygen atoms in total. The van der Waals surface area contributed by atoms with Crippen molar-refractivity contribution >= 4 is 31.9 Å². The molecule has 0 aromatic heterocycles. The van der Waals surface area contributed by atoms with Gasteiger partial charge in [-0.1, -0.05) is 35.2 Å². The Labute approximate surface area is 152 Å². The van der Waals surface area contributed by atoms with Gasteiger partial charge < -0.3 is 5.32 Å². The van der Waals surface area contributed by atoms with Gasteiger partial charge in [-0.05, 0) is 49.9 Å². The summed E-state index contributed by atoms with van der Waals surface area (Å²) >= 11 is 3.31. The van der Waals surface area contributed by atoms with Crippen molar-refractivity contribution < 1.29 is 13.2 Å². The molecule has 132 valence electrons. The fourth-order valence-electron chi connectivity index (χ4n) is 3.58. The number of rotatable bonds is 4. The third-order valence-corrected chi connectivity index (χ3v) is 7.33. The van der Waals surface area contributed by atoms with E-state index in [9.17, 15) is 13.2 Å². The van der Waals surface area contributed by atoms with Crippen LogP contribution in [0.5, 0.6) is 0 Å². The molecule has 1 aliphatic heterocycles. The summed E-state index contributed by atoms with van der Waals surface area (Å²) < 4.78 is 28.0. The third-order valence-electron chi connectivity index (χ3n) is 4.88. The minimum absolute atomic E-state index is 0.139. The van der Waals surface area contributed by atoms with Crippen molar-refractivity contribution in [1.82, 2.24) is 9.62 Å². The van der Waals surface area contributed by atoms with Crippen molar-refractivity contribution in [2.45, 2.75) is 61.9 Å². The highest BCUT2D eigenvalue weighted by atomic mass is 79.9. The van der Waals surface area contributed by atoms with Gasteiger partial charge in [0, 0.05) is 17.1 Å². The summed E-state index contributed by atoms with van der Waals surface area (Å²) in [6.07, 6.45) is 6.80. The first-order valence-corrected chi connectivity index (χ1v) is 10.8. The first-order chi connectivity index (χ1) is 11.5. The van der Waals surface area contributed by atoms with E-state index in [1.807, 2.05) is 0 Å². The van der Waals surface area contributed by atoms with Crippen LogP contribution in [0.4, 0.5) is 0 Å². The lowest BCUT2D eigenvalue weighted by Gasteiger charge is -2.27. The molecular formula is C17H23BrN2O3S. The SMILES string of the molecule is O=C(NC1CCCCC1)[C@@H]1CCCN1S(=O)(=O)c1ccc(Br)cc1. The van der Waals surface area contributed by atoms with Crippen molar-refractivity contribution in [2.24, 2.45) is 0 Å². The zero-order valence-corrected chi connectivity index (χ0v) is 16.0. The van der Waals surface area contributed by atoms with E-state index in [1.165, 1.54) is 10.7 Å². The molecule has 1 N–H and O–H groups in total. The smallest absolute Gasteiger partial charge is 0.243 e. The van der Waals surface area contributed by atoms with Crippen molar-refractivity contribution in [3.63, 3.8) is 0 Å². The fourth-order valence-corrected chi connectivity index (χ4v) is 5.50. The Hall–Kier alpha value is -0.920. The van der Waals surface area contributed by atoms with Gasteiger partial charge in [0.25, 0.3) is 0 Å². The van der Waals surface area contributed by atoms with Crippen LogP contribution in [0.15, 0.2) is 33.6 Å². The van der Waals surface area contributed by atoms with Gasteiger partial charge in [-0.2, -0.15) is 4.31 Å². The summed E-state index contributed by atoms with van der Waals surface area (Å²) in [7, 11) is -3.64. The molecule has 0 unspecified atom stereocenters. The number of carbonyl (C=O) groups is 1. The summed E-state index contributed by atoms with van der Waals surface area (Å²) in [5.41, 5.74) is 0. The Kier molecular flexibility index (Phi) is 5.62. The number of carbonyl (C=O) groups excluding carboxylic acids is 1. The van der Waals surface area contributed by atoms with Crippen LogP contribution in [0.3, 0.4) is 0 Å². The predicted octanol–water partition coefficient (Wildman–Crippen LogP) is 3.05. The average Bonchev–Trinajstić information content (AvgIpc) is 3.07. The molecule has 1 atom stereocenters. The molecule has 1 saturated carbocycles. The van der Waals surface area contributed by atoms with Gasteiger partial charge in [0.1, 0.15) is 6.04 Å². The molecule has 1 aromatic carbocycles. The molecule has 24 heavy (non-hydrogen) atoms. The molecule has 3 rings (SSSR count). The number of amides is 1. The van der Waals surface area contributed by atoms with E-state index < -0.39 is 16.1 Å². The molecule has 1 heterocycles. The van der Waals surface area contributed by atoms with E-state index in [-0.39, 0.29) is 16.8 Å². The molecule has 0 spiro atoms. The van der Waals surface area contributed by atoms with E-state index in [0.29, 0.717) is 13.0 Å². The maximum absolute atomic E-state index is 12.9. The lowest BCUT2D eigenvalue weighted by atomic mass is 9.95. The Morgan fingerprint density at radius 1 is 1.04 bits per heavy atom. The molecule has 1 saturated heterocycles.